The van der Waals surface area contributed by atoms with Gasteiger partial charge in [0.2, 0.25) is 5.88 Å². The third kappa shape index (κ3) is 3.66. The molecule has 0 unspecified atom stereocenters. The van der Waals surface area contributed by atoms with Crippen molar-refractivity contribution >= 4 is 10.1 Å². The first-order valence-electron chi connectivity index (χ1n) is 6.58. The Morgan fingerprint density at radius 2 is 1.65 bits per heavy atom. The van der Waals surface area contributed by atoms with Crippen molar-refractivity contribution in [2.24, 2.45) is 0 Å². The number of benzene rings is 1. The summed E-state index contributed by atoms with van der Waals surface area (Å²) in [5.41, 5.74) is -5.23. The van der Waals surface area contributed by atoms with Gasteiger partial charge in [-0.1, -0.05) is 39.0 Å². The predicted octanol–water partition coefficient (Wildman–Crippen LogP) is 3.40. The van der Waals surface area contributed by atoms with Crippen molar-refractivity contribution < 1.29 is 25.8 Å². The molecular formula is C14H15F3N2O3S. The van der Waals surface area contributed by atoms with Crippen LogP contribution in [0.4, 0.5) is 13.2 Å². The van der Waals surface area contributed by atoms with Crippen molar-refractivity contribution in [3.05, 3.63) is 42.1 Å². The Kier molecular flexibility index (Phi) is 4.18. The molecule has 9 heteroatoms. The van der Waals surface area contributed by atoms with Crippen molar-refractivity contribution in [3.63, 3.8) is 0 Å². The molecule has 5 nitrogen and oxygen atoms in total. The van der Waals surface area contributed by atoms with Crippen molar-refractivity contribution in [2.75, 3.05) is 0 Å². The maximum absolute atomic E-state index is 12.6. The normalized spacial score (nSPS) is 13.1. The molecule has 0 saturated heterocycles. The number of hydrogen-bond acceptors (Lipinski definition) is 4. The molecule has 0 aliphatic heterocycles. The minimum Gasteiger partial charge on any atom is -0.355 e. The molecule has 0 aliphatic rings. The van der Waals surface area contributed by atoms with Crippen LogP contribution < -0.4 is 4.18 Å². The molecule has 0 amide bonds. The standard InChI is InChI=1S/C14H15F3N2O3S/c1-13(2,3)11-9-12(22-23(20,21)14(15,16)17)19(18-11)10-7-5-4-6-8-10/h4-9H,1-3H3. The summed E-state index contributed by atoms with van der Waals surface area (Å²) in [6.07, 6.45) is 0. The summed E-state index contributed by atoms with van der Waals surface area (Å²) in [6.45, 7) is 5.39. The van der Waals surface area contributed by atoms with E-state index in [0.717, 1.165) is 4.68 Å². The Morgan fingerprint density at radius 3 is 2.13 bits per heavy atom. The van der Waals surface area contributed by atoms with Crippen LogP contribution in [0.25, 0.3) is 5.69 Å². The smallest absolute Gasteiger partial charge is 0.355 e. The van der Waals surface area contributed by atoms with Gasteiger partial charge >= 0.3 is 15.6 Å². The molecule has 0 radical (unpaired) electrons. The molecule has 0 aliphatic carbocycles. The Bertz CT molecular complexity index is 791. The van der Waals surface area contributed by atoms with Gasteiger partial charge in [-0.05, 0) is 12.1 Å². The van der Waals surface area contributed by atoms with Gasteiger partial charge in [-0.2, -0.15) is 31.4 Å². The molecule has 0 atom stereocenters. The van der Waals surface area contributed by atoms with Crippen LogP contribution in [0.2, 0.25) is 0 Å². The van der Waals surface area contributed by atoms with Crippen LogP contribution in [0, 0.1) is 0 Å². The number of rotatable bonds is 3. The number of aromatic nitrogens is 2. The lowest BCUT2D eigenvalue weighted by atomic mass is 9.93. The van der Waals surface area contributed by atoms with Crippen LogP contribution in [-0.2, 0) is 15.5 Å². The average Bonchev–Trinajstić information content (AvgIpc) is 2.81. The van der Waals surface area contributed by atoms with Crippen molar-refractivity contribution in [1.29, 1.82) is 0 Å². The fraction of sp³-hybridized carbons (Fsp3) is 0.357. The van der Waals surface area contributed by atoms with Crippen LogP contribution in [0.15, 0.2) is 36.4 Å². The highest BCUT2D eigenvalue weighted by atomic mass is 32.2. The molecule has 1 aromatic heterocycles. The third-order valence-electron chi connectivity index (χ3n) is 2.92. The van der Waals surface area contributed by atoms with E-state index in [2.05, 4.69) is 9.28 Å². The number of halogens is 3. The minimum absolute atomic E-state index is 0.385. The maximum Gasteiger partial charge on any atom is 0.534 e. The van der Waals surface area contributed by atoms with Crippen LogP contribution >= 0.6 is 0 Å². The zero-order valence-corrected chi connectivity index (χ0v) is 13.4. The molecule has 1 aromatic carbocycles. The molecule has 0 bridgehead atoms. The van der Waals surface area contributed by atoms with Crippen molar-refractivity contribution in [1.82, 2.24) is 9.78 Å². The van der Waals surface area contributed by atoms with E-state index in [4.69, 9.17) is 0 Å². The molecule has 126 valence electrons. The van der Waals surface area contributed by atoms with E-state index in [0.29, 0.717) is 11.4 Å². The first-order chi connectivity index (χ1) is 10.4. The van der Waals surface area contributed by atoms with Gasteiger partial charge in [0.05, 0.1) is 11.4 Å². The Balaban J connectivity index is 2.57. The van der Waals surface area contributed by atoms with E-state index >= 15 is 0 Å². The fourth-order valence-corrected chi connectivity index (χ4v) is 2.14. The van der Waals surface area contributed by atoms with Gasteiger partial charge in [0.15, 0.2) is 0 Å². The average molecular weight is 348 g/mol. The first kappa shape index (κ1) is 17.3. The Morgan fingerprint density at radius 1 is 1.09 bits per heavy atom. The van der Waals surface area contributed by atoms with Gasteiger partial charge in [0.25, 0.3) is 0 Å². The van der Waals surface area contributed by atoms with Crippen molar-refractivity contribution in [3.8, 4) is 11.6 Å². The summed E-state index contributed by atoms with van der Waals surface area (Å²) in [6, 6.07) is 9.35. The second-order valence-corrected chi connectivity index (χ2v) is 7.39. The maximum atomic E-state index is 12.6. The number of para-hydroxylation sites is 1. The summed E-state index contributed by atoms with van der Waals surface area (Å²) in [5, 5.41) is 4.18. The summed E-state index contributed by atoms with van der Waals surface area (Å²) in [7, 11) is -5.77. The second-order valence-electron chi connectivity index (χ2n) is 5.85. The summed E-state index contributed by atoms with van der Waals surface area (Å²) in [5.74, 6) is -0.515. The van der Waals surface area contributed by atoms with Gasteiger partial charge < -0.3 is 4.18 Å². The quantitative estimate of drug-likeness (QED) is 0.630. The topological polar surface area (TPSA) is 61.2 Å². The highest BCUT2D eigenvalue weighted by Crippen LogP contribution is 2.31. The molecule has 0 saturated carbocycles. The van der Waals surface area contributed by atoms with E-state index in [1.165, 1.54) is 6.07 Å². The molecule has 2 aromatic rings. The van der Waals surface area contributed by atoms with Gasteiger partial charge in [0, 0.05) is 11.5 Å². The largest absolute Gasteiger partial charge is 0.534 e. The van der Waals surface area contributed by atoms with Gasteiger partial charge in [-0.3, -0.25) is 0 Å². The van der Waals surface area contributed by atoms with E-state index in [1.54, 1.807) is 51.1 Å². The number of hydrogen-bond donors (Lipinski definition) is 0. The highest BCUT2D eigenvalue weighted by molar-refractivity contribution is 7.87. The molecule has 2 rings (SSSR count). The fourth-order valence-electron chi connectivity index (χ4n) is 1.70. The van der Waals surface area contributed by atoms with Crippen molar-refractivity contribution in [2.45, 2.75) is 31.7 Å². The molecule has 0 fully saturated rings. The van der Waals surface area contributed by atoms with E-state index < -0.39 is 26.9 Å². The van der Waals surface area contributed by atoms with Gasteiger partial charge in [-0.25, -0.2) is 0 Å². The Hall–Kier alpha value is -2.03. The molecular weight excluding hydrogens is 333 g/mol. The van der Waals surface area contributed by atoms with Gasteiger partial charge in [-0.15, -0.1) is 0 Å². The zero-order chi connectivity index (χ0) is 17.5. The van der Waals surface area contributed by atoms with Crippen LogP contribution in [0.3, 0.4) is 0 Å². The number of nitrogens with zero attached hydrogens (tertiary/aromatic N) is 2. The van der Waals surface area contributed by atoms with Crippen LogP contribution in [0.1, 0.15) is 26.5 Å². The third-order valence-corrected chi connectivity index (χ3v) is 3.88. The Labute approximate surface area is 131 Å². The zero-order valence-electron chi connectivity index (χ0n) is 12.6. The lowest BCUT2D eigenvalue weighted by Crippen LogP contribution is -2.28. The first-order valence-corrected chi connectivity index (χ1v) is 7.99. The lowest BCUT2D eigenvalue weighted by molar-refractivity contribution is -0.0502. The van der Waals surface area contributed by atoms with Crippen LogP contribution in [0.5, 0.6) is 5.88 Å². The van der Waals surface area contributed by atoms with Gasteiger partial charge in [0.1, 0.15) is 0 Å². The van der Waals surface area contributed by atoms with Crippen LogP contribution in [-0.4, -0.2) is 23.7 Å². The molecule has 1 heterocycles. The van der Waals surface area contributed by atoms with E-state index in [9.17, 15) is 21.6 Å². The second kappa shape index (κ2) is 5.55. The number of alkyl halides is 3. The monoisotopic (exact) mass is 348 g/mol. The van der Waals surface area contributed by atoms with E-state index in [1.807, 2.05) is 0 Å². The van der Waals surface area contributed by atoms with E-state index in [-0.39, 0.29) is 0 Å². The molecule has 0 spiro atoms. The predicted molar refractivity (Wildman–Crippen MR) is 77.9 cm³/mol. The summed E-state index contributed by atoms with van der Waals surface area (Å²) in [4.78, 5) is 0. The molecule has 0 N–H and O–H groups in total. The minimum atomic E-state index is -5.77. The summed E-state index contributed by atoms with van der Waals surface area (Å²) >= 11 is 0. The summed E-state index contributed by atoms with van der Waals surface area (Å²) < 4.78 is 65.5. The lowest BCUT2D eigenvalue weighted by Gasteiger charge is -2.13. The molecule has 23 heavy (non-hydrogen) atoms. The highest BCUT2D eigenvalue weighted by Gasteiger charge is 2.49. The SMILES string of the molecule is CC(C)(C)c1cc(OS(=O)(=O)C(F)(F)F)n(-c2ccccc2)n1.